The van der Waals surface area contributed by atoms with Crippen LogP contribution < -0.4 is 10.6 Å². The Bertz CT molecular complexity index is 458. The lowest BCUT2D eigenvalue weighted by molar-refractivity contribution is 0.222. The van der Waals surface area contributed by atoms with Crippen LogP contribution in [0.1, 0.15) is 45.1 Å². The smallest absolute Gasteiger partial charge is 0.0514 e. The summed E-state index contributed by atoms with van der Waals surface area (Å²) in [7, 11) is 2.21. The predicted octanol–water partition coefficient (Wildman–Crippen LogP) is 4.74. The van der Waals surface area contributed by atoms with Crippen molar-refractivity contribution in [2.75, 3.05) is 17.7 Å². The van der Waals surface area contributed by atoms with Gasteiger partial charge in [0, 0.05) is 23.2 Å². The molecule has 3 heteroatoms. The Hall–Kier alpha value is -0.700. The Morgan fingerprint density at radius 2 is 1.84 bits per heavy atom. The first kappa shape index (κ1) is 14.7. The van der Waals surface area contributed by atoms with Gasteiger partial charge in [-0.15, -0.1) is 0 Å². The van der Waals surface area contributed by atoms with Crippen molar-refractivity contribution in [2.45, 2.75) is 52.5 Å². The topological polar surface area (TPSA) is 29.3 Å². The maximum atomic E-state index is 5.96. The van der Waals surface area contributed by atoms with Crippen LogP contribution in [0.4, 0.5) is 11.4 Å². The molecule has 1 aliphatic rings. The molecule has 1 saturated carbocycles. The number of hydrogen-bond donors (Lipinski definition) is 1. The van der Waals surface area contributed by atoms with Crippen LogP contribution in [0.5, 0.6) is 0 Å². The fraction of sp³-hybridized carbons (Fsp3) is 0.625. The maximum Gasteiger partial charge on any atom is 0.0514 e. The summed E-state index contributed by atoms with van der Waals surface area (Å²) in [6.07, 6.45) is 5.18. The largest absolute Gasteiger partial charge is 0.398 e. The van der Waals surface area contributed by atoms with E-state index in [9.17, 15) is 0 Å². The van der Waals surface area contributed by atoms with E-state index in [0.717, 1.165) is 15.7 Å². The SMILES string of the molecule is Cc1cc(N(C)C2CCC(C)(C)CC2)c(Br)cc1N. The van der Waals surface area contributed by atoms with Crippen LogP contribution in [0.2, 0.25) is 0 Å². The Labute approximate surface area is 125 Å². The van der Waals surface area contributed by atoms with Gasteiger partial charge in [0.1, 0.15) is 0 Å². The minimum absolute atomic E-state index is 0.519. The molecule has 0 aliphatic heterocycles. The number of rotatable bonds is 2. The third-order valence-corrected chi connectivity index (χ3v) is 5.21. The molecule has 0 amide bonds. The average molecular weight is 325 g/mol. The molecule has 0 heterocycles. The highest BCUT2D eigenvalue weighted by Gasteiger charge is 2.29. The molecule has 106 valence electrons. The summed E-state index contributed by atoms with van der Waals surface area (Å²) >= 11 is 3.65. The highest BCUT2D eigenvalue weighted by molar-refractivity contribution is 9.10. The van der Waals surface area contributed by atoms with Crippen LogP contribution >= 0.6 is 15.9 Å². The summed E-state index contributed by atoms with van der Waals surface area (Å²) in [5.74, 6) is 0. The minimum Gasteiger partial charge on any atom is -0.398 e. The van der Waals surface area contributed by atoms with E-state index in [0.29, 0.717) is 11.5 Å². The van der Waals surface area contributed by atoms with Crippen LogP contribution in [0.25, 0.3) is 0 Å². The predicted molar refractivity (Wildman–Crippen MR) is 87.7 cm³/mol. The van der Waals surface area contributed by atoms with E-state index in [-0.39, 0.29) is 0 Å². The van der Waals surface area contributed by atoms with Crippen molar-refractivity contribution in [3.05, 3.63) is 22.2 Å². The first-order chi connectivity index (χ1) is 8.80. The van der Waals surface area contributed by atoms with Gasteiger partial charge in [-0.2, -0.15) is 0 Å². The molecule has 1 fully saturated rings. The van der Waals surface area contributed by atoms with Gasteiger partial charge in [-0.05, 0) is 71.6 Å². The van der Waals surface area contributed by atoms with Gasteiger partial charge in [0.15, 0.2) is 0 Å². The van der Waals surface area contributed by atoms with Crippen molar-refractivity contribution in [2.24, 2.45) is 5.41 Å². The fourth-order valence-electron chi connectivity index (χ4n) is 2.92. The summed E-state index contributed by atoms with van der Waals surface area (Å²) in [4.78, 5) is 2.42. The van der Waals surface area contributed by atoms with E-state index in [4.69, 9.17) is 5.73 Å². The quantitative estimate of drug-likeness (QED) is 0.796. The average Bonchev–Trinajstić information content (AvgIpc) is 2.33. The first-order valence-electron chi connectivity index (χ1n) is 7.08. The standard InChI is InChI=1S/C16H25BrN2/c1-11-9-15(13(17)10-14(11)18)19(4)12-5-7-16(2,3)8-6-12/h9-10,12H,5-8,18H2,1-4H3. The second-order valence-corrected chi connectivity index (χ2v) is 7.52. The van der Waals surface area contributed by atoms with Crippen molar-refractivity contribution in [1.29, 1.82) is 0 Å². The van der Waals surface area contributed by atoms with E-state index >= 15 is 0 Å². The van der Waals surface area contributed by atoms with Crippen LogP contribution in [0.15, 0.2) is 16.6 Å². The molecule has 19 heavy (non-hydrogen) atoms. The molecule has 0 saturated heterocycles. The summed E-state index contributed by atoms with van der Waals surface area (Å²) in [5.41, 5.74) is 9.74. The van der Waals surface area contributed by atoms with Gasteiger partial charge in [-0.3, -0.25) is 0 Å². The van der Waals surface area contributed by atoms with Gasteiger partial charge in [0.2, 0.25) is 0 Å². The fourth-order valence-corrected chi connectivity index (χ4v) is 3.56. The molecular formula is C16H25BrN2. The summed E-state index contributed by atoms with van der Waals surface area (Å²) < 4.78 is 1.10. The van der Waals surface area contributed by atoms with Crippen molar-refractivity contribution in [1.82, 2.24) is 0 Å². The van der Waals surface area contributed by atoms with Gasteiger partial charge in [-0.1, -0.05) is 13.8 Å². The summed E-state index contributed by atoms with van der Waals surface area (Å²) in [6, 6.07) is 4.86. The molecule has 2 N–H and O–H groups in total. The lowest BCUT2D eigenvalue weighted by Crippen LogP contribution is -2.37. The van der Waals surface area contributed by atoms with E-state index in [1.807, 2.05) is 6.07 Å². The van der Waals surface area contributed by atoms with E-state index in [2.05, 4.69) is 54.7 Å². The maximum absolute atomic E-state index is 5.96. The van der Waals surface area contributed by atoms with E-state index in [1.165, 1.54) is 31.4 Å². The van der Waals surface area contributed by atoms with Crippen LogP contribution in [0, 0.1) is 12.3 Å². The lowest BCUT2D eigenvalue weighted by atomic mass is 9.75. The third kappa shape index (κ3) is 3.25. The molecule has 2 nitrogen and oxygen atoms in total. The van der Waals surface area contributed by atoms with Crippen molar-refractivity contribution in [3.8, 4) is 0 Å². The molecule has 2 rings (SSSR count). The Morgan fingerprint density at radius 3 is 2.42 bits per heavy atom. The van der Waals surface area contributed by atoms with Crippen LogP contribution in [0.3, 0.4) is 0 Å². The van der Waals surface area contributed by atoms with Crippen molar-refractivity contribution >= 4 is 27.3 Å². The highest BCUT2D eigenvalue weighted by Crippen LogP contribution is 2.39. The van der Waals surface area contributed by atoms with Gasteiger partial charge < -0.3 is 10.6 Å². The molecule has 0 aromatic heterocycles. The Morgan fingerprint density at radius 1 is 1.26 bits per heavy atom. The second-order valence-electron chi connectivity index (χ2n) is 6.67. The van der Waals surface area contributed by atoms with E-state index in [1.54, 1.807) is 0 Å². The number of hydrogen-bond acceptors (Lipinski definition) is 2. The lowest BCUT2D eigenvalue weighted by Gasteiger charge is -2.40. The Kier molecular flexibility index (Phi) is 4.14. The monoisotopic (exact) mass is 324 g/mol. The zero-order chi connectivity index (χ0) is 14.2. The first-order valence-corrected chi connectivity index (χ1v) is 7.88. The van der Waals surface area contributed by atoms with Gasteiger partial charge in [0.05, 0.1) is 5.69 Å². The number of nitrogen functional groups attached to an aromatic ring is 1. The molecule has 0 unspecified atom stereocenters. The molecule has 0 radical (unpaired) electrons. The summed E-state index contributed by atoms with van der Waals surface area (Å²) in [6.45, 7) is 6.84. The number of benzene rings is 1. The van der Waals surface area contributed by atoms with Gasteiger partial charge in [-0.25, -0.2) is 0 Å². The highest BCUT2D eigenvalue weighted by atomic mass is 79.9. The van der Waals surface area contributed by atoms with Gasteiger partial charge in [0.25, 0.3) is 0 Å². The second kappa shape index (κ2) is 5.35. The number of halogens is 1. The molecule has 1 aromatic carbocycles. The number of aryl methyl sites for hydroxylation is 1. The number of anilines is 2. The zero-order valence-electron chi connectivity index (χ0n) is 12.5. The Balaban J connectivity index is 2.16. The summed E-state index contributed by atoms with van der Waals surface area (Å²) in [5, 5.41) is 0. The molecule has 0 atom stereocenters. The normalized spacial score (nSPS) is 19.4. The number of nitrogens with two attached hydrogens (primary N) is 1. The zero-order valence-corrected chi connectivity index (χ0v) is 14.0. The minimum atomic E-state index is 0.519. The molecule has 1 aromatic rings. The van der Waals surface area contributed by atoms with Crippen molar-refractivity contribution in [3.63, 3.8) is 0 Å². The molecule has 0 spiro atoms. The van der Waals surface area contributed by atoms with Crippen LogP contribution in [-0.4, -0.2) is 13.1 Å². The van der Waals surface area contributed by atoms with Gasteiger partial charge >= 0.3 is 0 Å². The molecular weight excluding hydrogens is 300 g/mol. The molecule has 1 aliphatic carbocycles. The molecule has 0 bridgehead atoms. The van der Waals surface area contributed by atoms with Crippen LogP contribution in [-0.2, 0) is 0 Å². The third-order valence-electron chi connectivity index (χ3n) is 4.57. The van der Waals surface area contributed by atoms with E-state index < -0.39 is 0 Å². The number of nitrogens with zero attached hydrogens (tertiary/aromatic N) is 1. The van der Waals surface area contributed by atoms with Crippen molar-refractivity contribution < 1.29 is 0 Å².